The van der Waals surface area contributed by atoms with Crippen LogP contribution in [0.5, 0.6) is 0 Å². The Labute approximate surface area is 112 Å². The second kappa shape index (κ2) is 5.60. The van der Waals surface area contributed by atoms with Crippen molar-refractivity contribution in [2.75, 3.05) is 37.3 Å². The number of carbonyl (C=O) groups is 2. The van der Waals surface area contributed by atoms with E-state index in [4.69, 9.17) is 5.73 Å². The normalized spacial score (nSPS) is 15.6. The first kappa shape index (κ1) is 13.2. The Morgan fingerprint density at radius 1 is 1.42 bits per heavy atom. The van der Waals surface area contributed by atoms with Crippen LogP contribution in [0.25, 0.3) is 0 Å². The lowest BCUT2D eigenvalue weighted by Crippen LogP contribution is -2.29. The zero-order chi connectivity index (χ0) is 13.8. The van der Waals surface area contributed by atoms with Gasteiger partial charge in [-0.25, -0.2) is 0 Å². The molecule has 19 heavy (non-hydrogen) atoms. The van der Waals surface area contributed by atoms with E-state index < -0.39 is 0 Å². The third kappa shape index (κ3) is 2.96. The molecule has 1 fully saturated rings. The molecule has 4 N–H and O–H groups in total. The number of hydrogen-bond donors (Lipinski definition) is 3. The number of nitrogens with one attached hydrogen (secondary N) is 2. The number of carbonyl (C=O) groups excluding carboxylic acids is 2. The topological polar surface area (TPSA) is 87.5 Å². The first-order valence-corrected chi connectivity index (χ1v) is 6.25. The van der Waals surface area contributed by atoms with E-state index in [1.807, 2.05) is 4.90 Å². The number of hydrogen-bond acceptors (Lipinski definition) is 4. The Morgan fingerprint density at radius 2 is 2.21 bits per heavy atom. The minimum atomic E-state index is -0.148. The van der Waals surface area contributed by atoms with Crippen molar-refractivity contribution in [1.29, 1.82) is 0 Å². The molecule has 1 heterocycles. The summed E-state index contributed by atoms with van der Waals surface area (Å²) in [5.41, 5.74) is 7.95. The van der Waals surface area contributed by atoms with Crippen LogP contribution in [0.2, 0.25) is 0 Å². The molecule has 6 heteroatoms. The molecule has 0 saturated carbocycles. The van der Waals surface area contributed by atoms with Crippen molar-refractivity contribution in [2.45, 2.75) is 6.42 Å². The van der Waals surface area contributed by atoms with Gasteiger partial charge in [0.15, 0.2) is 0 Å². The monoisotopic (exact) mass is 262 g/mol. The van der Waals surface area contributed by atoms with Crippen molar-refractivity contribution in [1.82, 2.24) is 10.6 Å². The van der Waals surface area contributed by atoms with E-state index in [-0.39, 0.29) is 11.8 Å². The molecule has 102 valence electrons. The van der Waals surface area contributed by atoms with Crippen LogP contribution in [-0.2, 0) is 4.79 Å². The van der Waals surface area contributed by atoms with Crippen LogP contribution in [0, 0.1) is 0 Å². The smallest absolute Gasteiger partial charge is 0.251 e. The average Bonchev–Trinajstić information content (AvgIpc) is 2.63. The summed E-state index contributed by atoms with van der Waals surface area (Å²) in [5.74, 6) is -0.103. The fraction of sp³-hybridized carbons (Fsp3) is 0.385. The number of amides is 2. The Balaban J connectivity index is 2.27. The highest BCUT2D eigenvalue weighted by Crippen LogP contribution is 2.25. The molecule has 1 aromatic rings. The van der Waals surface area contributed by atoms with Crippen LogP contribution in [0.1, 0.15) is 16.8 Å². The van der Waals surface area contributed by atoms with Crippen LogP contribution >= 0.6 is 0 Å². The van der Waals surface area contributed by atoms with Crippen molar-refractivity contribution >= 4 is 23.2 Å². The van der Waals surface area contributed by atoms with Crippen LogP contribution in [0.15, 0.2) is 18.2 Å². The SMILES string of the molecule is CNC(=O)c1ccc(N)c(N2CCNC(=O)CC2)c1. The van der Waals surface area contributed by atoms with Gasteiger partial charge in [-0.2, -0.15) is 0 Å². The first-order chi connectivity index (χ1) is 9.11. The largest absolute Gasteiger partial charge is 0.397 e. The third-order valence-corrected chi connectivity index (χ3v) is 3.17. The molecule has 0 atom stereocenters. The second-order valence-electron chi connectivity index (χ2n) is 4.44. The zero-order valence-corrected chi connectivity index (χ0v) is 10.9. The number of nitrogens with zero attached hydrogens (tertiary/aromatic N) is 1. The third-order valence-electron chi connectivity index (χ3n) is 3.17. The molecule has 2 rings (SSSR count). The summed E-state index contributed by atoms with van der Waals surface area (Å²) in [7, 11) is 1.59. The van der Waals surface area contributed by atoms with Gasteiger partial charge < -0.3 is 21.3 Å². The molecule has 0 unspecified atom stereocenters. The van der Waals surface area contributed by atoms with Crippen LogP contribution in [-0.4, -0.2) is 38.5 Å². The molecule has 0 radical (unpaired) electrons. The molecule has 0 spiro atoms. The Hall–Kier alpha value is -2.24. The molecule has 1 saturated heterocycles. The predicted molar refractivity (Wildman–Crippen MR) is 74.1 cm³/mol. The van der Waals surface area contributed by atoms with Gasteiger partial charge in [-0.1, -0.05) is 0 Å². The first-order valence-electron chi connectivity index (χ1n) is 6.25. The van der Waals surface area contributed by atoms with E-state index in [9.17, 15) is 9.59 Å². The fourth-order valence-electron chi connectivity index (χ4n) is 2.11. The summed E-state index contributed by atoms with van der Waals surface area (Å²) in [6.45, 7) is 1.88. The molecule has 0 aliphatic carbocycles. The zero-order valence-electron chi connectivity index (χ0n) is 10.9. The molecule has 0 bridgehead atoms. The van der Waals surface area contributed by atoms with E-state index in [0.29, 0.717) is 37.3 Å². The van der Waals surface area contributed by atoms with Crippen LogP contribution in [0.4, 0.5) is 11.4 Å². The minimum absolute atomic E-state index is 0.0449. The highest BCUT2D eigenvalue weighted by atomic mass is 16.2. The van der Waals surface area contributed by atoms with E-state index in [1.165, 1.54) is 0 Å². The van der Waals surface area contributed by atoms with Gasteiger partial charge in [0.2, 0.25) is 5.91 Å². The molecule has 6 nitrogen and oxygen atoms in total. The molecule has 1 aliphatic rings. The molecule has 0 aromatic heterocycles. The molecular formula is C13H18N4O2. The van der Waals surface area contributed by atoms with Gasteiger partial charge in [0.25, 0.3) is 5.91 Å². The van der Waals surface area contributed by atoms with E-state index in [2.05, 4.69) is 10.6 Å². The maximum absolute atomic E-state index is 11.6. The molecule has 1 aliphatic heterocycles. The summed E-state index contributed by atoms with van der Waals surface area (Å²) in [6.07, 6.45) is 0.434. The van der Waals surface area contributed by atoms with Gasteiger partial charge >= 0.3 is 0 Å². The molecule has 1 aromatic carbocycles. The number of anilines is 2. The average molecular weight is 262 g/mol. The Morgan fingerprint density at radius 3 is 2.95 bits per heavy atom. The van der Waals surface area contributed by atoms with Crippen molar-refractivity contribution in [3.8, 4) is 0 Å². The number of nitrogen functional groups attached to an aromatic ring is 1. The van der Waals surface area contributed by atoms with Gasteiger partial charge in [0.05, 0.1) is 11.4 Å². The van der Waals surface area contributed by atoms with Gasteiger partial charge in [0, 0.05) is 38.7 Å². The summed E-state index contributed by atoms with van der Waals surface area (Å²) < 4.78 is 0. The maximum Gasteiger partial charge on any atom is 0.251 e. The van der Waals surface area contributed by atoms with Crippen molar-refractivity contribution < 1.29 is 9.59 Å². The molecule has 2 amide bonds. The number of nitrogens with two attached hydrogens (primary N) is 1. The second-order valence-corrected chi connectivity index (χ2v) is 4.44. The maximum atomic E-state index is 11.6. The predicted octanol–water partition coefficient (Wildman–Crippen LogP) is -0.0453. The summed E-state index contributed by atoms with van der Waals surface area (Å²) in [4.78, 5) is 25.0. The van der Waals surface area contributed by atoms with E-state index in [1.54, 1.807) is 25.2 Å². The number of benzene rings is 1. The lowest BCUT2D eigenvalue weighted by molar-refractivity contribution is -0.120. The highest BCUT2D eigenvalue weighted by molar-refractivity contribution is 5.96. The molecular weight excluding hydrogens is 244 g/mol. The van der Waals surface area contributed by atoms with Gasteiger partial charge in [-0.3, -0.25) is 9.59 Å². The Kier molecular flexibility index (Phi) is 3.89. The van der Waals surface area contributed by atoms with Crippen LogP contribution < -0.4 is 21.3 Å². The van der Waals surface area contributed by atoms with Gasteiger partial charge in [-0.15, -0.1) is 0 Å². The van der Waals surface area contributed by atoms with Gasteiger partial charge in [-0.05, 0) is 18.2 Å². The Bertz CT molecular complexity index is 501. The summed E-state index contributed by atoms with van der Waals surface area (Å²) >= 11 is 0. The lowest BCUT2D eigenvalue weighted by atomic mass is 10.1. The van der Waals surface area contributed by atoms with E-state index in [0.717, 1.165) is 5.69 Å². The van der Waals surface area contributed by atoms with Gasteiger partial charge in [0.1, 0.15) is 0 Å². The summed E-state index contributed by atoms with van der Waals surface area (Å²) in [5, 5.41) is 5.40. The minimum Gasteiger partial charge on any atom is -0.397 e. The van der Waals surface area contributed by atoms with Crippen molar-refractivity contribution in [3.63, 3.8) is 0 Å². The van der Waals surface area contributed by atoms with Crippen LogP contribution in [0.3, 0.4) is 0 Å². The highest BCUT2D eigenvalue weighted by Gasteiger charge is 2.17. The van der Waals surface area contributed by atoms with E-state index >= 15 is 0 Å². The quantitative estimate of drug-likeness (QED) is 0.652. The standard InChI is InChI=1S/C13H18N4O2/c1-15-13(19)9-2-3-10(14)11(8-9)17-6-4-12(18)16-5-7-17/h2-3,8H,4-7,14H2,1H3,(H,15,19)(H,16,18). The van der Waals surface area contributed by atoms with Crippen molar-refractivity contribution in [3.05, 3.63) is 23.8 Å². The fourth-order valence-corrected chi connectivity index (χ4v) is 2.11. The number of rotatable bonds is 2. The van der Waals surface area contributed by atoms with Crippen molar-refractivity contribution in [2.24, 2.45) is 0 Å². The summed E-state index contributed by atoms with van der Waals surface area (Å²) in [6, 6.07) is 5.18. The lowest BCUT2D eigenvalue weighted by Gasteiger charge is -2.24.